The molecule has 72 valence electrons. The van der Waals surface area contributed by atoms with Crippen LogP contribution in [-0.2, 0) is 0 Å². The zero-order chi connectivity index (χ0) is 9.94. The molecule has 3 heteroatoms. The number of rotatable bonds is 0. The Balaban J connectivity index is 4.56. The Hall–Kier alpha value is -0.730. The smallest absolute Gasteiger partial charge is 0.195 e. The van der Waals surface area contributed by atoms with Crippen LogP contribution in [-0.4, -0.2) is 49.5 Å². The maximum atomic E-state index is 4.22. The third-order valence-electron chi connectivity index (χ3n) is 1.91. The van der Waals surface area contributed by atoms with Gasteiger partial charge in [0, 0.05) is 33.7 Å². The molecule has 0 amide bonds. The SMILES string of the molecule is CN=C(N(C)C)N(C)C(C)(C)C. The van der Waals surface area contributed by atoms with Crippen molar-refractivity contribution in [2.75, 3.05) is 28.2 Å². The lowest BCUT2D eigenvalue weighted by atomic mass is 10.1. The summed E-state index contributed by atoms with van der Waals surface area (Å²) in [5.74, 6) is 1.00. The molecule has 0 unspecified atom stereocenters. The third-order valence-corrected chi connectivity index (χ3v) is 1.91. The Labute approximate surface area is 76.1 Å². The summed E-state index contributed by atoms with van der Waals surface area (Å²) >= 11 is 0. The van der Waals surface area contributed by atoms with Gasteiger partial charge in [0.05, 0.1) is 0 Å². The van der Waals surface area contributed by atoms with Crippen molar-refractivity contribution in [3.05, 3.63) is 0 Å². The molecule has 0 spiro atoms. The van der Waals surface area contributed by atoms with Crippen LogP contribution in [0.4, 0.5) is 0 Å². The van der Waals surface area contributed by atoms with Gasteiger partial charge in [0.2, 0.25) is 0 Å². The van der Waals surface area contributed by atoms with Gasteiger partial charge in [0.25, 0.3) is 0 Å². The van der Waals surface area contributed by atoms with Crippen molar-refractivity contribution in [1.82, 2.24) is 9.80 Å². The highest BCUT2D eigenvalue weighted by atomic mass is 15.4. The number of nitrogens with zero attached hydrogens (tertiary/aromatic N) is 3. The molecular weight excluding hydrogens is 150 g/mol. The normalized spacial score (nSPS) is 13.1. The fraction of sp³-hybridized carbons (Fsp3) is 0.889. The first-order valence-electron chi connectivity index (χ1n) is 4.18. The molecule has 0 aromatic carbocycles. The molecule has 0 saturated heterocycles. The molecule has 12 heavy (non-hydrogen) atoms. The van der Waals surface area contributed by atoms with E-state index < -0.39 is 0 Å². The van der Waals surface area contributed by atoms with E-state index in [9.17, 15) is 0 Å². The molecule has 3 nitrogen and oxygen atoms in total. The number of hydrogen-bond donors (Lipinski definition) is 0. The predicted octanol–water partition coefficient (Wildman–Crippen LogP) is 1.26. The van der Waals surface area contributed by atoms with Crippen LogP contribution >= 0.6 is 0 Å². The first-order valence-corrected chi connectivity index (χ1v) is 4.18. The van der Waals surface area contributed by atoms with E-state index in [1.54, 1.807) is 0 Å². The lowest BCUT2D eigenvalue weighted by molar-refractivity contribution is 0.254. The molecule has 0 rings (SSSR count). The first kappa shape index (κ1) is 11.3. The molecular formula is C9H21N3. The van der Waals surface area contributed by atoms with Crippen molar-refractivity contribution in [3.63, 3.8) is 0 Å². The van der Waals surface area contributed by atoms with Gasteiger partial charge in [0.1, 0.15) is 0 Å². The van der Waals surface area contributed by atoms with Gasteiger partial charge < -0.3 is 9.80 Å². The Morgan fingerprint density at radius 2 is 1.50 bits per heavy atom. The third kappa shape index (κ3) is 2.72. The second-order valence-corrected chi connectivity index (χ2v) is 4.15. The molecule has 0 aromatic rings. The van der Waals surface area contributed by atoms with Crippen LogP contribution in [0.3, 0.4) is 0 Å². The van der Waals surface area contributed by atoms with Crippen LogP contribution in [0.25, 0.3) is 0 Å². The summed E-state index contributed by atoms with van der Waals surface area (Å²) in [4.78, 5) is 8.40. The second-order valence-electron chi connectivity index (χ2n) is 4.15. The largest absolute Gasteiger partial charge is 0.349 e. The van der Waals surface area contributed by atoms with Crippen molar-refractivity contribution < 1.29 is 0 Å². The monoisotopic (exact) mass is 171 g/mol. The van der Waals surface area contributed by atoms with Gasteiger partial charge in [-0.15, -0.1) is 0 Å². The molecule has 0 saturated carbocycles. The fourth-order valence-corrected chi connectivity index (χ4v) is 0.950. The molecule has 0 fully saturated rings. The Morgan fingerprint density at radius 3 is 1.58 bits per heavy atom. The van der Waals surface area contributed by atoms with Crippen LogP contribution in [0.1, 0.15) is 20.8 Å². The molecule has 0 N–H and O–H groups in total. The van der Waals surface area contributed by atoms with Gasteiger partial charge in [-0.3, -0.25) is 4.99 Å². The Kier molecular flexibility index (Phi) is 3.55. The van der Waals surface area contributed by atoms with Crippen LogP contribution in [0.2, 0.25) is 0 Å². The molecule has 0 aromatic heterocycles. The van der Waals surface area contributed by atoms with E-state index in [4.69, 9.17) is 0 Å². The number of guanidine groups is 1. The minimum Gasteiger partial charge on any atom is -0.349 e. The lowest BCUT2D eigenvalue weighted by Crippen LogP contribution is -2.48. The number of aliphatic imine (C=N–C) groups is 1. The van der Waals surface area contributed by atoms with Crippen molar-refractivity contribution in [3.8, 4) is 0 Å². The summed E-state index contributed by atoms with van der Waals surface area (Å²) in [6, 6.07) is 0. The molecule has 0 heterocycles. The lowest BCUT2D eigenvalue weighted by Gasteiger charge is -2.37. The molecule has 0 aliphatic carbocycles. The number of hydrogen-bond acceptors (Lipinski definition) is 1. The summed E-state index contributed by atoms with van der Waals surface area (Å²) in [5.41, 5.74) is 0.124. The quantitative estimate of drug-likeness (QED) is 0.404. The van der Waals surface area contributed by atoms with Gasteiger partial charge in [-0.2, -0.15) is 0 Å². The van der Waals surface area contributed by atoms with E-state index in [-0.39, 0.29) is 5.54 Å². The van der Waals surface area contributed by atoms with Gasteiger partial charge in [-0.05, 0) is 20.8 Å². The molecule has 0 radical (unpaired) electrons. The highest BCUT2D eigenvalue weighted by Crippen LogP contribution is 2.11. The van der Waals surface area contributed by atoms with Gasteiger partial charge in [-0.1, -0.05) is 0 Å². The summed E-state index contributed by atoms with van der Waals surface area (Å²) in [5, 5.41) is 0. The van der Waals surface area contributed by atoms with Gasteiger partial charge in [0.15, 0.2) is 5.96 Å². The zero-order valence-corrected chi connectivity index (χ0v) is 9.34. The van der Waals surface area contributed by atoms with Crippen molar-refractivity contribution >= 4 is 5.96 Å². The molecule has 0 bridgehead atoms. The van der Waals surface area contributed by atoms with Crippen molar-refractivity contribution in [1.29, 1.82) is 0 Å². The second kappa shape index (κ2) is 3.78. The van der Waals surface area contributed by atoms with E-state index >= 15 is 0 Å². The Bertz CT molecular complexity index is 165. The molecule has 0 atom stereocenters. The first-order chi connectivity index (χ1) is 5.30. The summed E-state index contributed by atoms with van der Waals surface area (Å²) in [7, 11) is 7.88. The van der Waals surface area contributed by atoms with E-state index in [2.05, 4.69) is 37.7 Å². The van der Waals surface area contributed by atoms with Gasteiger partial charge in [-0.25, -0.2) is 0 Å². The highest BCUT2D eigenvalue weighted by molar-refractivity contribution is 5.79. The van der Waals surface area contributed by atoms with Crippen molar-refractivity contribution in [2.45, 2.75) is 26.3 Å². The maximum Gasteiger partial charge on any atom is 0.195 e. The highest BCUT2D eigenvalue weighted by Gasteiger charge is 2.21. The van der Waals surface area contributed by atoms with Crippen molar-refractivity contribution in [2.24, 2.45) is 4.99 Å². The topological polar surface area (TPSA) is 18.8 Å². The summed E-state index contributed by atoms with van der Waals surface area (Å²) in [6.45, 7) is 6.51. The van der Waals surface area contributed by atoms with Crippen LogP contribution in [0.15, 0.2) is 4.99 Å². The maximum absolute atomic E-state index is 4.22. The minimum atomic E-state index is 0.124. The molecule has 0 aliphatic rings. The minimum absolute atomic E-state index is 0.124. The van der Waals surface area contributed by atoms with E-state index in [1.807, 2.05) is 26.0 Å². The Morgan fingerprint density at radius 1 is 1.08 bits per heavy atom. The standard InChI is InChI=1S/C9H21N3/c1-9(2,3)12(7)8(10-4)11(5)6/h1-7H3. The average Bonchev–Trinajstić information content (AvgIpc) is 1.86. The fourth-order valence-electron chi connectivity index (χ4n) is 0.950. The average molecular weight is 171 g/mol. The molecule has 0 aliphatic heterocycles. The van der Waals surface area contributed by atoms with Crippen LogP contribution in [0.5, 0.6) is 0 Å². The predicted molar refractivity (Wildman–Crippen MR) is 54.6 cm³/mol. The van der Waals surface area contributed by atoms with E-state index in [0.717, 1.165) is 5.96 Å². The van der Waals surface area contributed by atoms with E-state index in [1.165, 1.54) is 0 Å². The van der Waals surface area contributed by atoms with Gasteiger partial charge >= 0.3 is 0 Å². The summed E-state index contributed by atoms with van der Waals surface area (Å²) in [6.07, 6.45) is 0. The van der Waals surface area contributed by atoms with Crippen LogP contribution in [0, 0.1) is 0 Å². The van der Waals surface area contributed by atoms with E-state index in [0.29, 0.717) is 0 Å². The zero-order valence-electron chi connectivity index (χ0n) is 9.34. The summed E-state index contributed by atoms with van der Waals surface area (Å²) < 4.78 is 0. The van der Waals surface area contributed by atoms with Crippen LogP contribution < -0.4 is 0 Å².